The molecule has 0 saturated heterocycles. The van der Waals surface area contributed by atoms with Gasteiger partial charge in [-0.2, -0.15) is 0 Å². The van der Waals surface area contributed by atoms with E-state index in [1.807, 2.05) is 127 Å². The Morgan fingerprint density at radius 3 is 1.65 bits per heavy atom. The summed E-state index contributed by atoms with van der Waals surface area (Å²) >= 11 is 0. The molecule has 0 fully saturated rings. The van der Waals surface area contributed by atoms with Crippen LogP contribution in [0.1, 0.15) is 34.2 Å². The molecule has 218 valence electrons. The number of esters is 1. The van der Waals surface area contributed by atoms with Crippen LogP contribution < -0.4 is 0 Å². The number of aryl methyl sites for hydroxylation is 1. The van der Waals surface area contributed by atoms with Gasteiger partial charge in [-0.15, -0.1) is 0 Å². The Morgan fingerprint density at radius 2 is 1.14 bits per heavy atom. The first-order valence-electron chi connectivity index (χ1n) is 14.5. The lowest BCUT2D eigenvalue weighted by Crippen LogP contribution is -2.40. The van der Waals surface area contributed by atoms with Crippen molar-refractivity contribution in [3.05, 3.63) is 173 Å². The minimum absolute atomic E-state index is 0.0898. The van der Waals surface area contributed by atoms with E-state index < -0.39 is 23.6 Å². The summed E-state index contributed by atoms with van der Waals surface area (Å²) in [5, 5.41) is 21.4. The molecule has 0 radical (unpaired) electrons. The summed E-state index contributed by atoms with van der Waals surface area (Å²) in [7, 11) is 0. The van der Waals surface area contributed by atoms with Crippen LogP contribution in [0.25, 0.3) is 0 Å². The van der Waals surface area contributed by atoms with Gasteiger partial charge in [-0.3, -0.25) is 4.79 Å². The van der Waals surface area contributed by atoms with E-state index in [-0.39, 0.29) is 25.4 Å². The molecule has 5 rings (SSSR count). The van der Waals surface area contributed by atoms with Gasteiger partial charge in [0.05, 0.1) is 12.7 Å². The molecule has 0 unspecified atom stereocenters. The first kappa shape index (κ1) is 29.8. The molecule has 0 aliphatic carbocycles. The summed E-state index contributed by atoms with van der Waals surface area (Å²) in [6.45, 7) is 0.00413. The molecule has 5 heteroatoms. The third-order valence-corrected chi connectivity index (χ3v) is 7.65. The highest BCUT2D eigenvalue weighted by Crippen LogP contribution is 2.41. The number of hydrogen-bond donors (Lipinski definition) is 2. The Hall–Kier alpha value is -4.71. The fourth-order valence-electron chi connectivity index (χ4n) is 5.38. The van der Waals surface area contributed by atoms with Crippen molar-refractivity contribution in [1.82, 2.24) is 0 Å². The Labute approximate surface area is 253 Å². The second kappa shape index (κ2) is 14.5. The zero-order valence-electron chi connectivity index (χ0n) is 24.0. The number of ether oxygens (including phenoxy) is 2. The molecule has 2 atom stereocenters. The van der Waals surface area contributed by atoms with E-state index in [1.54, 1.807) is 18.2 Å². The number of phenols is 1. The summed E-state index contributed by atoms with van der Waals surface area (Å²) in [6, 6.07) is 46.2. The number of hydrogen-bond acceptors (Lipinski definition) is 5. The molecule has 5 aromatic rings. The first-order chi connectivity index (χ1) is 21.1. The zero-order chi connectivity index (χ0) is 29.9. The Bertz CT molecular complexity index is 1460. The van der Waals surface area contributed by atoms with Gasteiger partial charge in [-0.05, 0) is 52.8 Å². The van der Waals surface area contributed by atoms with Crippen molar-refractivity contribution in [1.29, 1.82) is 0 Å². The van der Waals surface area contributed by atoms with Crippen LogP contribution in [0.15, 0.2) is 146 Å². The molecule has 0 aliphatic rings. The topological polar surface area (TPSA) is 76.0 Å². The van der Waals surface area contributed by atoms with Crippen LogP contribution in [-0.2, 0) is 32.9 Å². The van der Waals surface area contributed by atoms with E-state index >= 15 is 0 Å². The summed E-state index contributed by atoms with van der Waals surface area (Å²) < 4.78 is 12.7. The highest BCUT2D eigenvalue weighted by Gasteiger charge is 2.40. The maximum Gasteiger partial charge on any atom is 0.314 e. The molecule has 2 N–H and O–H groups in total. The van der Waals surface area contributed by atoms with Gasteiger partial charge in [-0.25, -0.2) is 0 Å². The molecule has 0 saturated carbocycles. The normalized spacial score (nSPS) is 12.8. The number of aliphatic hydroxyl groups is 1. The largest absolute Gasteiger partial charge is 0.508 e. The molecule has 0 aliphatic heterocycles. The van der Waals surface area contributed by atoms with E-state index in [1.165, 1.54) is 0 Å². The molecule has 0 spiro atoms. The number of aromatic hydroxyl groups is 1. The van der Waals surface area contributed by atoms with Crippen molar-refractivity contribution in [2.24, 2.45) is 5.92 Å². The molecule has 0 bridgehead atoms. The number of aliphatic hydroxyl groups excluding tert-OH is 1. The highest BCUT2D eigenvalue weighted by atomic mass is 16.5. The second-order valence-electron chi connectivity index (χ2n) is 10.6. The van der Waals surface area contributed by atoms with Gasteiger partial charge in [-0.1, -0.05) is 133 Å². The summed E-state index contributed by atoms with van der Waals surface area (Å²) in [4.78, 5) is 13.6. The van der Waals surface area contributed by atoms with Crippen LogP contribution in [0.3, 0.4) is 0 Å². The SMILES string of the molecule is O=C(OCc1ccccc1)[C@@H](COC(c1ccccc1)(c1ccccc1)c1ccccc1)[C@@H](O)CCc1cccc(O)c1. The van der Waals surface area contributed by atoms with Gasteiger partial charge in [0, 0.05) is 0 Å². The molecule has 0 aromatic heterocycles. The lowest BCUT2D eigenvalue weighted by Gasteiger charge is -2.37. The van der Waals surface area contributed by atoms with Crippen molar-refractivity contribution in [2.45, 2.75) is 31.2 Å². The predicted octanol–water partition coefficient (Wildman–Crippen LogP) is 7.05. The fraction of sp³-hybridized carbons (Fsp3) is 0.184. The van der Waals surface area contributed by atoms with Gasteiger partial charge in [0.15, 0.2) is 0 Å². The van der Waals surface area contributed by atoms with E-state index in [0.29, 0.717) is 6.42 Å². The van der Waals surface area contributed by atoms with Gasteiger partial charge < -0.3 is 19.7 Å². The Balaban J connectivity index is 1.48. The van der Waals surface area contributed by atoms with Crippen molar-refractivity contribution in [3.8, 4) is 5.75 Å². The molecule has 0 heterocycles. The van der Waals surface area contributed by atoms with Crippen LogP contribution in [-0.4, -0.2) is 28.9 Å². The quantitative estimate of drug-likeness (QED) is 0.117. The van der Waals surface area contributed by atoms with Gasteiger partial charge in [0.1, 0.15) is 23.9 Å². The molecular formula is C38H36O5. The smallest absolute Gasteiger partial charge is 0.314 e. The third-order valence-electron chi connectivity index (χ3n) is 7.65. The Kier molecular flexibility index (Phi) is 10.0. The maximum atomic E-state index is 13.6. The summed E-state index contributed by atoms with van der Waals surface area (Å²) in [5.74, 6) is -1.33. The summed E-state index contributed by atoms with van der Waals surface area (Å²) in [5.41, 5.74) is 3.38. The minimum atomic E-state index is -1.05. The van der Waals surface area contributed by atoms with E-state index in [9.17, 15) is 15.0 Å². The molecule has 43 heavy (non-hydrogen) atoms. The van der Waals surface area contributed by atoms with Crippen LogP contribution in [0.2, 0.25) is 0 Å². The summed E-state index contributed by atoms with van der Waals surface area (Å²) in [6.07, 6.45) is -0.294. The number of rotatable bonds is 13. The van der Waals surface area contributed by atoms with E-state index in [2.05, 4.69) is 0 Å². The van der Waals surface area contributed by atoms with Crippen molar-refractivity contribution < 1.29 is 24.5 Å². The Morgan fingerprint density at radius 1 is 0.651 bits per heavy atom. The second-order valence-corrected chi connectivity index (χ2v) is 10.6. The van der Waals surface area contributed by atoms with Crippen molar-refractivity contribution >= 4 is 5.97 Å². The average Bonchev–Trinajstić information content (AvgIpc) is 3.06. The lowest BCUT2D eigenvalue weighted by atomic mass is 9.80. The maximum absolute atomic E-state index is 13.6. The van der Waals surface area contributed by atoms with Crippen LogP contribution in [0.5, 0.6) is 5.75 Å². The molecule has 0 amide bonds. The van der Waals surface area contributed by atoms with E-state index in [4.69, 9.17) is 9.47 Å². The number of carbonyl (C=O) groups excluding carboxylic acids is 1. The van der Waals surface area contributed by atoms with Gasteiger partial charge >= 0.3 is 5.97 Å². The lowest BCUT2D eigenvalue weighted by molar-refractivity contribution is -0.159. The van der Waals surface area contributed by atoms with Crippen molar-refractivity contribution in [2.75, 3.05) is 6.61 Å². The van der Waals surface area contributed by atoms with Crippen LogP contribution >= 0.6 is 0 Å². The van der Waals surface area contributed by atoms with E-state index in [0.717, 1.165) is 27.8 Å². The van der Waals surface area contributed by atoms with Crippen molar-refractivity contribution in [3.63, 3.8) is 0 Å². The standard InChI is InChI=1S/C38H36O5/c39-34-23-13-16-29(26-34)24-25-36(40)35(37(41)42-27-30-14-5-1-6-15-30)28-43-38(31-17-7-2-8-18-31,32-19-9-3-10-20-32)33-21-11-4-12-22-33/h1-23,26,35-36,39-40H,24-25,27-28H2/t35-,36-/m0/s1. The molecular weight excluding hydrogens is 536 g/mol. The average molecular weight is 573 g/mol. The minimum Gasteiger partial charge on any atom is -0.508 e. The third kappa shape index (κ3) is 7.39. The molecule has 5 aromatic carbocycles. The predicted molar refractivity (Wildman–Crippen MR) is 167 cm³/mol. The van der Waals surface area contributed by atoms with Crippen LogP contribution in [0, 0.1) is 5.92 Å². The monoisotopic (exact) mass is 572 g/mol. The number of phenolic OH excluding ortho intramolecular Hbond substituents is 1. The number of carbonyl (C=O) groups is 1. The number of benzene rings is 5. The van der Waals surface area contributed by atoms with Crippen LogP contribution in [0.4, 0.5) is 0 Å². The van der Waals surface area contributed by atoms with Gasteiger partial charge in [0.25, 0.3) is 0 Å². The zero-order valence-corrected chi connectivity index (χ0v) is 24.0. The first-order valence-corrected chi connectivity index (χ1v) is 14.5. The van der Waals surface area contributed by atoms with Gasteiger partial charge in [0.2, 0.25) is 0 Å². The highest BCUT2D eigenvalue weighted by molar-refractivity contribution is 5.73. The molecule has 5 nitrogen and oxygen atoms in total. The fourth-order valence-corrected chi connectivity index (χ4v) is 5.38.